The average Bonchev–Trinajstić information content (AvgIpc) is 3.14. The molecule has 6 nitrogen and oxygen atoms in total. The normalized spacial score (nSPS) is 21.2. The zero-order chi connectivity index (χ0) is 15.5. The van der Waals surface area contributed by atoms with Gasteiger partial charge in [-0.15, -0.1) is 11.3 Å². The Labute approximate surface area is 139 Å². The number of nitrogens with zero attached hydrogens (tertiary/aromatic N) is 4. The molecule has 0 saturated carbocycles. The molecule has 7 heteroatoms. The van der Waals surface area contributed by atoms with E-state index in [1.807, 2.05) is 17.8 Å². The van der Waals surface area contributed by atoms with Crippen LogP contribution in [0.25, 0.3) is 0 Å². The van der Waals surface area contributed by atoms with E-state index in [0.717, 1.165) is 63.1 Å². The molecule has 1 atom stereocenters. The Morgan fingerprint density at radius 3 is 3.04 bits per heavy atom. The van der Waals surface area contributed by atoms with Crippen molar-refractivity contribution in [1.29, 1.82) is 0 Å². The molecule has 1 aliphatic heterocycles. The van der Waals surface area contributed by atoms with Gasteiger partial charge in [-0.05, 0) is 24.8 Å². The number of aryl methyl sites for hydroxylation is 1. The number of thiazole rings is 1. The maximum Gasteiger partial charge on any atom is 0.225 e. The number of nitrogens with one attached hydrogen (secondary N) is 1. The molecule has 0 amide bonds. The van der Waals surface area contributed by atoms with Gasteiger partial charge in [0.15, 0.2) is 0 Å². The Hall–Kier alpha value is -1.57. The molecule has 0 radical (unpaired) electrons. The second kappa shape index (κ2) is 6.90. The van der Waals surface area contributed by atoms with Gasteiger partial charge in [0.1, 0.15) is 5.01 Å². The van der Waals surface area contributed by atoms with Crippen molar-refractivity contribution in [3.63, 3.8) is 0 Å². The quantitative estimate of drug-likeness (QED) is 0.914. The summed E-state index contributed by atoms with van der Waals surface area (Å²) < 4.78 is 5.40. The molecule has 1 fully saturated rings. The van der Waals surface area contributed by atoms with Gasteiger partial charge in [-0.1, -0.05) is 0 Å². The van der Waals surface area contributed by atoms with Gasteiger partial charge in [-0.25, -0.2) is 15.0 Å². The lowest BCUT2D eigenvalue weighted by molar-refractivity contribution is 0.122. The smallest absolute Gasteiger partial charge is 0.225 e. The lowest BCUT2D eigenvalue weighted by atomic mass is 9.93. The number of fused-ring (bicyclic) bond motifs is 1. The fraction of sp³-hybridized carbons (Fsp3) is 0.562. The summed E-state index contributed by atoms with van der Waals surface area (Å²) in [5.41, 5.74) is 2.50. The highest BCUT2D eigenvalue weighted by Crippen LogP contribution is 2.22. The molecule has 1 aliphatic carbocycles. The second-order valence-corrected chi connectivity index (χ2v) is 6.97. The fourth-order valence-corrected chi connectivity index (χ4v) is 3.73. The fourth-order valence-electron chi connectivity index (χ4n) is 3.16. The second-order valence-electron chi connectivity index (χ2n) is 5.99. The van der Waals surface area contributed by atoms with Crippen molar-refractivity contribution in [3.05, 3.63) is 34.0 Å². The Bertz CT molecular complexity index is 642. The Morgan fingerprint density at radius 1 is 1.30 bits per heavy atom. The van der Waals surface area contributed by atoms with E-state index in [-0.39, 0.29) is 0 Å². The molecule has 1 N–H and O–H groups in total. The van der Waals surface area contributed by atoms with Crippen LogP contribution in [0.15, 0.2) is 17.8 Å². The standard InChI is InChI=1S/C16H21N5OS/c1-2-14-12(9-13(1)18-11-15-17-3-8-23-15)10-19-16(20-14)21-4-6-22-7-5-21/h3,8,10,13,18H,1-2,4-7,9,11H2/t13-/m0/s1. The third kappa shape index (κ3) is 3.52. The molecule has 122 valence electrons. The van der Waals surface area contributed by atoms with Crippen LogP contribution in [0.3, 0.4) is 0 Å². The van der Waals surface area contributed by atoms with Crippen molar-refractivity contribution >= 4 is 17.3 Å². The lowest BCUT2D eigenvalue weighted by Crippen LogP contribution is -2.38. The molecule has 3 heterocycles. The van der Waals surface area contributed by atoms with E-state index in [4.69, 9.17) is 9.72 Å². The molecule has 1 saturated heterocycles. The third-order valence-corrected chi connectivity index (χ3v) is 5.24. The van der Waals surface area contributed by atoms with Crippen LogP contribution in [-0.4, -0.2) is 47.3 Å². The van der Waals surface area contributed by atoms with Crippen LogP contribution < -0.4 is 10.2 Å². The minimum Gasteiger partial charge on any atom is -0.378 e. The van der Waals surface area contributed by atoms with Crippen LogP contribution in [0.1, 0.15) is 22.7 Å². The van der Waals surface area contributed by atoms with Gasteiger partial charge < -0.3 is 15.0 Å². The molecule has 0 bridgehead atoms. The number of aromatic nitrogens is 3. The van der Waals surface area contributed by atoms with Gasteiger partial charge in [0, 0.05) is 49.1 Å². The van der Waals surface area contributed by atoms with E-state index in [1.54, 1.807) is 11.3 Å². The van der Waals surface area contributed by atoms with Crippen molar-refractivity contribution in [2.45, 2.75) is 31.8 Å². The highest BCUT2D eigenvalue weighted by atomic mass is 32.1. The molecular weight excluding hydrogens is 310 g/mol. The molecule has 2 aromatic heterocycles. The predicted molar refractivity (Wildman–Crippen MR) is 89.8 cm³/mol. The topological polar surface area (TPSA) is 63.2 Å². The summed E-state index contributed by atoms with van der Waals surface area (Å²) in [5.74, 6) is 0.862. The predicted octanol–water partition coefficient (Wildman–Crippen LogP) is 1.42. The molecule has 23 heavy (non-hydrogen) atoms. The molecule has 0 aromatic carbocycles. The van der Waals surface area contributed by atoms with Crippen molar-refractivity contribution in [2.75, 3.05) is 31.2 Å². The number of ether oxygens (including phenoxy) is 1. The van der Waals surface area contributed by atoms with Crippen LogP contribution >= 0.6 is 11.3 Å². The maximum atomic E-state index is 5.40. The van der Waals surface area contributed by atoms with Crippen LogP contribution in [0.2, 0.25) is 0 Å². The minimum atomic E-state index is 0.490. The van der Waals surface area contributed by atoms with Crippen LogP contribution in [0, 0.1) is 0 Å². The number of anilines is 1. The van der Waals surface area contributed by atoms with Crippen molar-refractivity contribution in [1.82, 2.24) is 20.3 Å². The number of rotatable bonds is 4. The number of morpholine rings is 1. The van der Waals surface area contributed by atoms with Gasteiger partial charge in [0.05, 0.1) is 13.2 Å². The summed E-state index contributed by atoms with van der Waals surface area (Å²) >= 11 is 1.70. The molecule has 0 unspecified atom stereocenters. The van der Waals surface area contributed by atoms with Gasteiger partial charge >= 0.3 is 0 Å². The summed E-state index contributed by atoms with van der Waals surface area (Å²) in [6, 6.07) is 0.490. The minimum absolute atomic E-state index is 0.490. The maximum absolute atomic E-state index is 5.40. The van der Waals surface area contributed by atoms with Gasteiger partial charge in [0.25, 0.3) is 0 Å². The summed E-state index contributed by atoms with van der Waals surface area (Å²) in [7, 11) is 0. The van der Waals surface area contributed by atoms with E-state index in [2.05, 4.69) is 20.2 Å². The largest absolute Gasteiger partial charge is 0.378 e. The Morgan fingerprint density at radius 2 is 2.22 bits per heavy atom. The molecular formula is C16H21N5OS. The Kier molecular flexibility index (Phi) is 4.50. The molecule has 4 rings (SSSR count). The van der Waals surface area contributed by atoms with Crippen molar-refractivity contribution in [3.8, 4) is 0 Å². The first-order valence-corrected chi connectivity index (χ1v) is 9.06. The lowest BCUT2D eigenvalue weighted by Gasteiger charge is -2.29. The van der Waals surface area contributed by atoms with Crippen LogP contribution in [0.5, 0.6) is 0 Å². The molecule has 2 aromatic rings. The van der Waals surface area contributed by atoms with Gasteiger partial charge in [0.2, 0.25) is 5.95 Å². The molecule has 0 spiro atoms. The average molecular weight is 331 g/mol. The van der Waals surface area contributed by atoms with E-state index >= 15 is 0 Å². The van der Waals surface area contributed by atoms with Gasteiger partial charge in [-0.2, -0.15) is 0 Å². The first kappa shape index (κ1) is 15.0. The van der Waals surface area contributed by atoms with Crippen LogP contribution in [0.4, 0.5) is 5.95 Å². The Balaban J connectivity index is 1.39. The molecule has 2 aliphatic rings. The van der Waals surface area contributed by atoms with E-state index in [1.165, 1.54) is 11.3 Å². The zero-order valence-electron chi connectivity index (χ0n) is 13.1. The van der Waals surface area contributed by atoms with Crippen molar-refractivity contribution < 1.29 is 4.74 Å². The first-order valence-electron chi connectivity index (χ1n) is 8.18. The highest BCUT2D eigenvalue weighted by molar-refractivity contribution is 7.09. The zero-order valence-corrected chi connectivity index (χ0v) is 13.9. The van der Waals surface area contributed by atoms with E-state index < -0.39 is 0 Å². The third-order valence-electron chi connectivity index (χ3n) is 4.46. The highest BCUT2D eigenvalue weighted by Gasteiger charge is 2.22. The summed E-state index contributed by atoms with van der Waals surface area (Å²) in [6.45, 7) is 4.16. The SMILES string of the molecule is c1csc(CN[C@H]2CCc3nc(N4CCOCC4)ncc3C2)n1. The monoisotopic (exact) mass is 331 g/mol. The van der Waals surface area contributed by atoms with Gasteiger partial charge in [-0.3, -0.25) is 0 Å². The van der Waals surface area contributed by atoms with E-state index in [9.17, 15) is 0 Å². The van der Waals surface area contributed by atoms with Crippen LogP contribution in [-0.2, 0) is 24.1 Å². The summed E-state index contributed by atoms with van der Waals surface area (Å²) in [4.78, 5) is 15.9. The first-order chi connectivity index (χ1) is 11.4. The van der Waals surface area contributed by atoms with Crippen molar-refractivity contribution in [2.24, 2.45) is 0 Å². The summed E-state index contributed by atoms with van der Waals surface area (Å²) in [5, 5.41) is 6.78. The number of hydrogen-bond acceptors (Lipinski definition) is 7. The number of hydrogen-bond donors (Lipinski definition) is 1. The van der Waals surface area contributed by atoms with E-state index in [0.29, 0.717) is 6.04 Å². The summed E-state index contributed by atoms with van der Waals surface area (Å²) in [6.07, 6.45) is 7.02.